The minimum absolute atomic E-state index is 0.0361. The number of hydrogen-bond acceptors (Lipinski definition) is 6. The van der Waals surface area contributed by atoms with Crippen molar-refractivity contribution in [3.8, 4) is 17.2 Å². The highest BCUT2D eigenvalue weighted by Gasteiger charge is 2.19. The molecule has 1 aliphatic rings. The molecule has 3 rings (SSSR count). The summed E-state index contributed by atoms with van der Waals surface area (Å²) in [7, 11) is 0. The highest BCUT2D eigenvalue weighted by Crippen LogP contribution is 2.34. The summed E-state index contributed by atoms with van der Waals surface area (Å²) in [5.74, 6) is 0.659. The van der Waals surface area contributed by atoms with Crippen LogP contribution in [-0.2, 0) is 19.7 Å². The summed E-state index contributed by atoms with van der Waals surface area (Å²) in [5, 5.41) is 2.64. The Morgan fingerprint density at radius 2 is 1.76 bits per heavy atom. The fourth-order valence-electron chi connectivity index (χ4n) is 2.71. The largest absolute Gasteiger partial charge is 0.479 e. The summed E-state index contributed by atoms with van der Waals surface area (Å²) in [6.45, 7) is 7.69. The molecule has 0 aromatic heterocycles. The zero-order chi connectivity index (χ0) is 21.0. The van der Waals surface area contributed by atoms with E-state index in [1.165, 1.54) is 5.56 Å². The molecule has 0 saturated heterocycles. The van der Waals surface area contributed by atoms with Crippen LogP contribution in [0.2, 0.25) is 0 Å². The Balaban J connectivity index is 1.46. The fourth-order valence-corrected chi connectivity index (χ4v) is 2.71. The first-order valence-electron chi connectivity index (χ1n) is 9.36. The average Bonchev–Trinajstić information content (AvgIpc) is 3.13. The van der Waals surface area contributed by atoms with Gasteiger partial charge in [-0.25, -0.2) is 4.79 Å². The van der Waals surface area contributed by atoms with Gasteiger partial charge in [-0.15, -0.1) is 0 Å². The van der Waals surface area contributed by atoms with Gasteiger partial charge in [-0.3, -0.25) is 4.79 Å². The van der Waals surface area contributed by atoms with Crippen LogP contribution in [0.15, 0.2) is 42.5 Å². The lowest BCUT2D eigenvalue weighted by atomic mass is 9.87. The van der Waals surface area contributed by atoms with Crippen LogP contribution in [0.1, 0.15) is 33.3 Å². The van der Waals surface area contributed by atoms with E-state index >= 15 is 0 Å². The van der Waals surface area contributed by atoms with Gasteiger partial charge in [0.25, 0.3) is 5.91 Å². The molecule has 0 saturated carbocycles. The third-order valence-electron chi connectivity index (χ3n) is 4.37. The zero-order valence-electron chi connectivity index (χ0n) is 17.0. The molecule has 7 nitrogen and oxygen atoms in total. The van der Waals surface area contributed by atoms with Crippen LogP contribution in [-0.4, -0.2) is 31.4 Å². The topological polar surface area (TPSA) is 83.1 Å². The second-order valence-electron chi connectivity index (χ2n) is 7.76. The minimum atomic E-state index is -0.839. The van der Waals surface area contributed by atoms with Gasteiger partial charge in [-0.1, -0.05) is 32.9 Å². The average molecular weight is 399 g/mol. The Kier molecular flexibility index (Phi) is 5.96. The number of hydrogen-bond donors (Lipinski definition) is 1. The number of carbonyl (C=O) groups is 2. The third-order valence-corrected chi connectivity index (χ3v) is 4.37. The fraction of sp³-hybridized carbons (Fsp3) is 0.364. The Morgan fingerprint density at radius 3 is 2.45 bits per heavy atom. The van der Waals surface area contributed by atoms with Crippen LogP contribution in [0.3, 0.4) is 0 Å². The number of amides is 1. The molecule has 1 atom stereocenters. The Bertz CT molecular complexity index is 885. The van der Waals surface area contributed by atoms with Crippen LogP contribution in [0.4, 0.5) is 5.69 Å². The van der Waals surface area contributed by atoms with Crippen LogP contribution >= 0.6 is 0 Å². The molecule has 7 heteroatoms. The molecule has 2 aromatic rings. The van der Waals surface area contributed by atoms with Gasteiger partial charge in [0.2, 0.25) is 6.79 Å². The molecule has 2 aromatic carbocycles. The monoisotopic (exact) mass is 399 g/mol. The van der Waals surface area contributed by atoms with Gasteiger partial charge in [-0.2, -0.15) is 0 Å². The van der Waals surface area contributed by atoms with Gasteiger partial charge in [0.1, 0.15) is 5.75 Å². The summed E-state index contributed by atoms with van der Waals surface area (Å²) in [6, 6.07) is 12.6. The van der Waals surface area contributed by atoms with Crippen molar-refractivity contribution in [2.45, 2.75) is 39.2 Å². The first-order valence-corrected chi connectivity index (χ1v) is 9.36. The quantitative estimate of drug-likeness (QED) is 0.747. The maximum atomic E-state index is 12.1. The van der Waals surface area contributed by atoms with Gasteiger partial charge < -0.3 is 24.3 Å². The molecule has 0 spiro atoms. The lowest BCUT2D eigenvalue weighted by Gasteiger charge is -2.20. The molecule has 0 aliphatic carbocycles. The molecule has 29 heavy (non-hydrogen) atoms. The molecule has 1 aliphatic heterocycles. The molecular weight excluding hydrogens is 374 g/mol. The molecule has 0 unspecified atom stereocenters. The summed E-state index contributed by atoms with van der Waals surface area (Å²) in [6.07, 6.45) is -0.839. The van der Waals surface area contributed by atoms with Crippen molar-refractivity contribution >= 4 is 17.6 Å². The maximum absolute atomic E-state index is 12.1. The summed E-state index contributed by atoms with van der Waals surface area (Å²) in [5.41, 5.74) is 1.73. The van der Waals surface area contributed by atoms with Crippen LogP contribution in [0.25, 0.3) is 0 Å². The number of nitrogens with one attached hydrogen (secondary N) is 1. The van der Waals surface area contributed by atoms with Crippen molar-refractivity contribution in [3.63, 3.8) is 0 Å². The molecule has 1 amide bonds. The number of esters is 1. The van der Waals surface area contributed by atoms with Crippen molar-refractivity contribution < 1.29 is 28.5 Å². The third kappa shape index (κ3) is 5.40. The predicted molar refractivity (Wildman–Crippen MR) is 107 cm³/mol. The predicted octanol–water partition coefficient (Wildman–Crippen LogP) is 3.66. The number of rotatable bonds is 6. The summed E-state index contributed by atoms with van der Waals surface area (Å²) >= 11 is 0. The van der Waals surface area contributed by atoms with E-state index in [4.69, 9.17) is 18.9 Å². The van der Waals surface area contributed by atoms with Gasteiger partial charge in [0, 0.05) is 11.8 Å². The van der Waals surface area contributed by atoms with Crippen molar-refractivity contribution in [2.24, 2.45) is 0 Å². The Labute approximate surface area is 169 Å². The van der Waals surface area contributed by atoms with E-state index < -0.39 is 24.6 Å². The van der Waals surface area contributed by atoms with E-state index in [-0.39, 0.29) is 12.2 Å². The van der Waals surface area contributed by atoms with Gasteiger partial charge in [-0.05, 0) is 42.2 Å². The number of ether oxygens (including phenoxy) is 4. The number of fused-ring (bicyclic) bond motifs is 1. The number of anilines is 1. The van der Waals surface area contributed by atoms with E-state index in [1.807, 2.05) is 24.3 Å². The number of carbonyl (C=O) groups excluding carboxylic acids is 2. The minimum Gasteiger partial charge on any atom is -0.479 e. The lowest BCUT2D eigenvalue weighted by Crippen LogP contribution is -2.29. The highest BCUT2D eigenvalue weighted by molar-refractivity contribution is 5.93. The normalized spacial score (nSPS) is 13.5. The van der Waals surface area contributed by atoms with Gasteiger partial charge >= 0.3 is 5.97 Å². The molecule has 0 radical (unpaired) electrons. The molecular formula is C22H25NO6. The lowest BCUT2D eigenvalue weighted by molar-refractivity contribution is -0.153. The van der Waals surface area contributed by atoms with E-state index in [1.54, 1.807) is 25.1 Å². The van der Waals surface area contributed by atoms with Gasteiger partial charge in [0.15, 0.2) is 24.2 Å². The van der Waals surface area contributed by atoms with Crippen molar-refractivity contribution in [3.05, 3.63) is 48.0 Å². The first-order chi connectivity index (χ1) is 13.7. The Morgan fingerprint density at radius 1 is 1.07 bits per heavy atom. The Hall–Kier alpha value is -3.22. The molecule has 0 fully saturated rings. The highest BCUT2D eigenvalue weighted by atomic mass is 16.7. The van der Waals surface area contributed by atoms with Crippen LogP contribution < -0.4 is 19.5 Å². The second kappa shape index (κ2) is 8.43. The van der Waals surface area contributed by atoms with Crippen LogP contribution in [0, 0.1) is 0 Å². The zero-order valence-corrected chi connectivity index (χ0v) is 17.0. The number of benzene rings is 2. The smallest absolute Gasteiger partial charge is 0.347 e. The molecule has 1 N–H and O–H groups in total. The molecule has 0 bridgehead atoms. The SMILES string of the molecule is C[C@H](Oc1ccc(C(C)(C)C)cc1)C(=O)OCC(=O)Nc1ccc2c(c1)OCO2. The van der Waals surface area contributed by atoms with Crippen molar-refractivity contribution in [1.29, 1.82) is 0 Å². The van der Waals surface area contributed by atoms with E-state index in [9.17, 15) is 9.59 Å². The first kappa shape index (κ1) is 20.5. The molecule has 154 valence electrons. The van der Waals surface area contributed by atoms with E-state index in [0.29, 0.717) is 22.9 Å². The standard InChI is InChI=1S/C22H25NO6/c1-14(29-17-8-5-15(6-9-17)22(2,3)4)21(25)26-12-20(24)23-16-7-10-18-19(11-16)28-13-27-18/h5-11,14H,12-13H2,1-4H3,(H,23,24)/t14-/m0/s1. The van der Waals surface area contributed by atoms with Crippen LogP contribution in [0.5, 0.6) is 17.2 Å². The van der Waals surface area contributed by atoms with Gasteiger partial charge in [0.05, 0.1) is 0 Å². The van der Waals surface area contributed by atoms with Crippen molar-refractivity contribution in [1.82, 2.24) is 0 Å². The summed E-state index contributed by atoms with van der Waals surface area (Å²) < 4.78 is 21.1. The summed E-state index contributed by atoms with van der Waals surface area (Å²) in [4.78, 5) is 24.1. The van der Waals surface area contributed by atoms with Crippen molar-refractivity contribution in [2.75, 3.05) is 18.7 Å². The molecule has 1 heterocycles. The maximum Gasteiger partial charge on any atom is 0.347 e. The van der Waals surface area contributed by atoms with E-state index in [0.717, 1.165) is 0 Å². The second-order valence-corrected chi connectivity index (χ2v) is 7.76. The van der Waals surface area contributed by atoms with E-state index in [2.05, 4.69) is 26.1 Å².